The number of amides is 3. The van der Waals surface area contributed by atoms with E-state index in [2.05, 4.69) is 15.6 Å². The van der Waals surface area contributed by atoms with Gasteiger partial charge in [0.15, 0.2) is 0 Å². The van der Waals surface area contributed by atoms with Crippen LogP contribution in [0.15, 0.2) is 24.5 Å². The Morgan fingerprint density at radius 3 is 2.89 bits per heavy atom. The molecule has 0 bridgehead atoms. The standard InChI is InChI=1S/C12H12N4O3/c1-12(10(18)14-11(19)15-12)6-16-5-7-3-2-4-13-8(7)9(16)17/h2-5,17H,6H2,1H3,(H2,14,15,18,19). The van der Waals surface area contributed by atoms with Crippen LogP contribution in [0.5, 0.6) is 5.88 Å². The molecule has 3 rings (SSSR count). The van der Waals surface area contributed by atoms with Gasteiger partial charge < -0.3 is 15.0 Å². The Morgan fingerprint density at radius 1 is 1.47 bits per heavy atom. The fourth-order valence-corrected chi connectivity index (χ4v) is 2.23. The van der Waals surface area contributed by atoms with Crippen LogP contribution in [0.4, 0.5) is 4.79 Å². The molecule has 7 heteroatoms. The molecule has 1 atom stereocenters. The number of rotatable bonds is 2. The largest absolute Gasteiger partial charge is 0.493 e. The highest BCUT2D eigenvalue weighted by Gasteiger charge is 2.42. The van der Waals surface area contributed by atoms with E-state index < -0.39 is 17.5 Å². The number of pyridine rings is 1. The summed E-state index contributed by atoms with van der Waals surface area (Å²) in [5, 5.41) is 15.6. The normalized spacial score (nSPS) is 22.6. The third kappa shape index (κ3) is 1.70. The molecule has 0 aliphatic carbocycles. The van der Waals surface area contributed by atoms with Crippen molar-refractivity contribution in [3.05, 3.63) is 24.5 Å². The number of hydrogen-bond acceptors (Lipinski definition) is 4. The van der Waals surface area contributed by atoms with Crippen molar-refractivity contribution >= 4 is 22.8 Å². The van der Waals surface area contributed by atoms with Gasteiger partial charge in [0.05, 0.1) is 6.54 Å². The first kappa shape index (κ1) is 11.5. The maximum atomic E-state index is 11.7. The minimum Gasteiger partial charge on any atom is -0.493 e. The van der Waals surface area contributed by atoms with Crippen LogP contribution in [0.1, 0.15) is 6.92 Å². The van der Waals surface area contributed by atoms with Gasteiger partial charge in [0.2, 0.25) is 5.88 Å². The van der Waals surface area contributed by atoms with Crippen LogP contribution >= 0.6 is 0 Å². The van der Waals surface area contributed by atoms with Crippen LogP contribution in [-0.2, 0) is 11.3 Å². The Kier molecular flexibility index (Phi) is 2.25. The van der Waals surface area contributed by atoms with Crippen LogP contribution in [-0.4, -0.2) is 32.1 Å². The Balaban J connectivity index is 2.00. The molecule has 0 radical (unpaired) electrons. The summed E-state index contributed by atoms with van der Waals surface area (Å²) >= 11 is 0. The lowest BCUT2D eigenvalue weighted by Crippen LogP contribution is -2.47. The third-order valence-corrected chi connectivity index (χ3v) is 3.22. The van der Waals surface area contributed by atoms with E-state index in [1.54, 1.807) is 25.4 Å². The van der Waals surface area contributed by atoms with E-state index in [1.807, 2.05) is 6.07 Å². The van der Waals surface area contributed by atoms with Crippen molar-refractivity contribution in [1.29, 1.82) is 0 Å². The van der Waals surface area contributed by atoms with Crippen molar-refractivity contribution in [3.63, 3.8) is 0 Å². The van der Waals surface area contributed by atoms with E-state index in [0.29, 0.717) is 5.52 Å². The Hall–Kier alpha value is -2.57. The maximum absolute atomic E-state index is 11.7. The van der Waals surface area contributed by atoms with Crippen LogP contribution < -0.4 is 10.6 Å². The number of carbonyl (C=O) groups excluding carboxylic acids is 2. The lowest BCUT2D eigenvalue weighted by atomic mass is 10.0. The van der Waals surface area contributed by atoms with Crippen LogP contribution in [0.2, 0.25) is 0 Å². The van der Waals surface area contributed by atoms with Crippen molar-refractivity contribution in [2.75, 3.05) is 0 Å². The van der Waals surface area contributed by atoms with E-state index in [0.717, 1.165) is 5.39 Å². The SMILES string of the molecule is CC1(Cn2cc3cccnc3c2O)NC(=O)NC1=O. The molecule has 19 heavy (non-hydrogen) atoms. The van der Waals surface area contributed by atoms with E-state index in [4.69, 9.17) is 0 Å². The molecule has 1 aliphatic rings. The van der Waals surface area contributed by atoms with Gasteiger partial charge in [-0.05, 0) is 19.1 Å². The molecular formula is C12H12N4O3. The molecular weight excluding hydrogens is 248 g/mol. The lowest BCUT2D eigenvalue weighted by molar-refractivity contribution is -0.123. The molecule has 98 valence electrons. The molecule has 3 heterocycles. The van der Waals surface area contributed by atoms with Crippen molar-refractivity contribution < 1.29 is 14.7 Å². The quantitative estimate of drug-likeness (QED) is 0.678. The van der Waals surface area contributed by atoms with Gasteiger partial charge >= 0.3 is 6.03 Å². The molecule has 2 aromatic rings. The molecule has 1 unspecified atom stereocenters. The van der Waals surface area contributed by atoms with Gasteiger partial charge in [0.25, 0.3) is 5.91 Å². The second-order valence-corrected chi connectivity index (χ2v) is 4.76. The van der Waals surface area contributed by atoms with Gasteiger partial charge in [-0.25, -0.2) is 4.79 Å². The van der Waals surface area contributed by atoms with E-state index >= 15 is 0 Å². The van der Waals surface area contributed by atoms with E-state index in [-0.39, 0.29) is 12.4 Å². The van der Waals surface area contributed by atoms with Crippen LogP contribution in [0.25, 0.3) is 10.9 Å². The van der Waals surface area contributed by atoms with E-state index in [1.165, 1.54) is 4.57 Å². The van der Waals surface area contributed by atoms with Gasteiger partial charge in [-0.3, -0.25) is 15.1 Å². The summed E-state index contributed by atoms with van der Waals surface area (Å²) in [4.78, 5) is 27.0. The average Bonchev–Trinajstić information content (AvgIpc) is 2.79. The second-order valence-electron chi connectivity index (χ2n) is 4.76. The number of nitrogens with one attached hydrogen (secondary N) is 2. The summed E-state index contributed by atoms with van der Waals surface area (Å²) in [6.07, 6.45) is 3.28. The predicted molar refractivity (Wildman–Crippen MR) is 66.5 cm³/mol. The van der Waals surface area contributed by atoms with Crippen LogP contribution in [0, 0.1) is 0 Å². The third-order valence-electron chi connectivity index (χ3n) is 3.22. The van der Waals surface area contributed by atoms with Crippen molar-refractivity contribution in [2.24, 2.45) is 0 Å². The molecule has 1 fully saturated rings. The second kappa shape index (κ2) is 3.71. The molecule has 1 saturated heterocycles. The summed E-state index contributed by atoms with van der Waals surface area (Å²) < 4.78 is 1.50. The number of aromatic hydroxyl groups is 1. The van der Waals surface area contributed by atoms with Gasteiger partial charge in [-0.1, -0.05) is 0 Å². The highest BCUT2D eigenvalue weighted by molar-refractivity contribution is 6.06. The zero-order valence-electron chi connectivity index (χ0n) is 10.2. The Morgan fingerprint density at radius 2 is 2.26 bits per heavy atom. The molecule has 7 nitrogen and oxygen atoms in total. The van der Waals surface area contributed by atoms with Gasteiger partial charge in [-0.2, -0.15) is 0 Å². The van der Waals surface area contributed by atoms with Crippen molar-refractivity contribution in [1.82, 2.24) is 20.2 Å². The number of nitrogens with zero attached hydrogens (tertiary/aromatic N) is 2. The number of urea groups is 1. The average molecular weight is 260 g/mol. The topological polar surface area (TPSA) is 96.2 Å². The Bertz CT molecular complexity index is 693. The first-order valence-electron chi connectivity index (χ1n) is 5.76. The minimum absolute atomic E-state index is 0.0224. The molecule has 3 amide bonds. The zero-order chi connectivity index (χ0) is 13.6. The minimum atomic E-state index is -1.08. The molecule has 0 saturated carbocycles. The van der Waals surface area contributed by atoms with Gasteiger partial charge in [0.1, 0.15) is 11.1 Å². The number of fused-ring (bicyclic) bond motifs is 1. The monoisotopic (exact) mass is 260 g/mol. The van der Waals surface area contributed by atoms with Crippen molar-refractivity contribution in [2.45, 2.75) is 19.0 Å². The summed E-state index contributed by atoms with van der Waals surface area (Å²) in [6.45, 7) is 1.73. The molecule has 0 spiro atoms. The van der Waals surface area contributed by atoms with Crippen LogP contribution in [0.3, 0.4) is 0 Å². The van der Waals surface area contributed by atoms with E-state index in [9.17, 15) is 14.7 Å². The highest BCUT2D eigenvalue weighted by Crippen LogP contribution is 2.26. The zero-order valence-corrected chi connectivity index (χ0v) is 10.2. The fourth-order valence-electron chi connectivity index (χ4n) is 2.23. The fraction of sp³-hybridized carbons (Fsp3) is 0.250. The Labute approximate surface area is 108 Å². The summed E-state index contributed by atoms with van der Waals surface area (Å²) in [6, 6.07) is 3.05. The molecule has 2 aromatic heterocycles. The number of imide groups is 1. The number of aromatic nitrogens is 2. The summed E-state index contributed by atoms with van der Waals surface area (Å²) in [7, 11) is 0. The smallest absolute Gasteiger partial charge is 0.322 e. The van der Waals surface area contributed by atoms with Gasteiger partial charge in [0, 0.05) is 17.8 Å². The first-order chi connectivity index (χ1) is 8.99. The first-order valence-corrected chi connectivity index (χ1v) is 5.76. The van der Waals surface area contributed by atoms with Crippen molar-refractivity contribution in [3.8, 4) is 5.88 Å². The predicted octanol–water partition coefficient (Wildman–Crippen LogP) is 0.340. The summed E-state index contributed by atoms with van der Waals surface area (Å²) in [5.41, 5.74) is -0.611. The maximum Gasteiger partial charge on any atom is 0.322 e. The summed E-state index contributed by atoms with van der Waals surface area (Å²) in [5.74, 6) is -0.437. The number of hydrogen-bond donors (Lipinski definition) is 3. The van der Waals surface area contributed by atoms with Gasteiger partial charge in [-0.15, -0.1) is 0 Å². The molecule has 1 aliphatic heterocycles. The molecule has 0 aromatic carbocycles. The highest BCUT2D eigenvalue weighted by atomic mass is 16.3. The number of carbonyl (C=O) groups is 2. The lowest BCUT2D eigenvalue weighted by Gasteiger charge is -2.21. The molecule has 3 N–H and O–H groups in total.